The van der Waals surface area contributed by atoms with Crippen LogP contribution < -0.4 is 16.0 Å². The molecule has 27 heavy (non-hydrogen) atoms. The van der Waals surface area contributed by atoms with E-state index in [-0.39, 0.29) is 23.8 Å². The molecule has 3 aliphatic rings. The van der Waals surface area contributed by atoms with E-state index in [0.717, 1.165) is 22.4 Å². The quantitative estimate of drug-likeness (QED) is 0.703. The van der Waals surface area contributed by atoms with Gasteiger partial charge >= 0.3 is 0 Å². The number of fused-ring (bicyclic) bond motifs is 4. The molecule has 6 nitrogen and oxygen atoms in total. The summed E-state index contributed by atoms with van der Waals surface area (Å²) in [5.74, 6) is -2.26. The van der Waals surface area contributed by atoms with Crippen LogP contribution in [0.15, 0.2) is 48.5 Å². The summed E-state index contributed by atoms with van der Waals surface area (Å²) in [6.07, 6.45) is 0.568. The van der Waals surface area contributed by atoms with Gasteiger partial charge in [0.1, 0.15) is 5.54 Å². The molecule has 3 amide bonds. The second-order valence-electron chi connectivity index (χ2n) is 7.56. The minimum atomic E-state index is -1.21. The Kier molecular flexibility index (Phi) is 3.30. The maximum absolute atomic E-state index is 13.1. The van der Waals surface area contributed by atoms with Crippen molar-refractivity contribution >= 4 is 23.4 Å². The number of aryl methyl sites for hydroxylation is 1. The average molecular weight is 361 g/mol. The predicted molar refractivity (Wildman–Crippen MR) is 98.7 cm³/mol. The van der Waals surface area contributed by atoms with Gasteiger partial charge < -0.3 is 5.32 Å². The number of benzene rings is 2. The van der Waals surface area contributed by atoms with E-state index >= 15 is 0 Å². The number of carbonyl (C=O) groups excluding carboxylic acids is 3. The lowest BCUT2D eigenvalue weighted by Gasteiger charge is -2.27. The first-order chi connectivity index (χ1) is 13.0. The Balaban J connectivity index is 1.64. The van der Waals surface area contributed by atoms with Crippen molar-refractivity contribution in [3.8, 4) is 0 Å². The summed E-state index contributed by atoms with van der Waals surface area (Å²) in [4.78, 5) is 38.4. The van der Waals surface area contributed by atoms with Gasteiger partial charge in [0.05, 0.1) is 11.8 Å². The zero-order chi connectivity index (χ0) is 18.8. The van der Waals surface area contributed by atoms with E-state index in [1.54, 1.807) is 0 Å². The first kappa shape index (κ1) is 16.2. The summed E-state index contributed by atoms with van der Waals surface area (Å²) in [5, 5.41) is 8.81. The standard InChI is InChI=1S/C21H19N3O3/c1-11-6-5-9-13-17(11)22-20(27)21(13)16-15(18(25)23-19(16)26)14(24-21)10-12-7-3-2-4-8-12/h2-9,14-16,24H,10H2,1H3,(H,22,27)(H,23,25,26)/t14-,15+,16-,21+/m0/s1. The zero-order valence-corrected chi connectivity index (χ0v) is 14.8. The van der Waals surface area contributed by atoms with E-state index in [1.807, 2.05) is 55.5 Å². The van der Waals surface area contributed by atoms with Crippen LogP contribution >= 0.6 is 0 Å². The molecular weight excluding hydrogens is 342 g/mol. The Morgan fingerprint density at radius 2 is 1.70 bits per heavy atom. The third-order valence-electron chi connectivity index (χ3n) is 6.10. The Bertz CT molecular complexity index is 987. The summed E-state index contributed by atoms with van der Waals surface area (Å²) in [6, 6.07) is 15.2. The predicted octanol–water partition coefficient (Wildman–Crippen LogP) is 1.25. The topological polar surface area (TPSA) is 87.3 Å². The minimum Gasteiger partial charge on any atom is -0.324 e. The first-order valence-electron chi connectivity index (χ1n) is 9.10. The van der Waals surface area contributed by atoms with Crippen LogP contribution in [-0.4, -0.2) is 23.8 Å². The number of carbonyl (C=O) groups is 3. The van der Waals surface area contributed by atoms with Crippen LogP contribution in [-0.2, 0) is 26.3 Å². The molecule has 0 unspecified atom stereocenters. The minimum absolute atomic E-state index is 0.262. The fraction of sp³-hybridized carbons (Fsp3) is 0.286. The lowest BCUT2D eigenvalue weighted by atomic mass is 9.76. The van der Waals surface area contributed by atoms with Crippen molar-refractivity contribution < 1.29 is 14.4 Å². The summed E-state index contributed by atoms with van der Waals surface area (Å²) in [7, 11) is 0. The molecule has 2 fully saturated rings. The number of anilines is 1. The smallest absolute Gasteiger partial charge is 0.250 e. The molecule has 4 atom stereocenters. The fourth-order valence-corrected chi connectivity index (χ4v) is 4.94. The van der Waals surface area contributed by atoms with Gasteiger partial charge in [0.2, 0.25) is 17.7 Å². The summed E-state index contributed by atoms with van der Waals surface area (Å²) >= 11 is 0. The van der Waals surface area contributed by atoms with Crippen molar-refractivity contribution in [1.82, 2.24) is 10.6 Å². The van der Waals surface area contributed by atoms with E-state index in [4.69, 9.17) is 0 Å². The molecule has 2 saturated heterocycles. The summed E-state index contributed by atoms with van der Waals surface area (Å²) in [5.41, 5.74) is 2.28. The number of hydrogen-bond donors (Lipinski definition) is 3. The first-order valence-corrected chi connectivity index (χ1v) is 9.10. The monoisotopic (exact) mass is 361 g/mol. The fourth-order valence-electron chi connectivity index (χ4n) is 4.94. The van der Waals surface area contributed by atoms with Crippen molar-refractivity contribution in [3.05, 3.63) is 65.2 Å². The number of amides is 3. The molecule has 5 rings (SSSR count). The maximum atomic E-state index is 13.1. The molecule has 2 aromatic rings. The molecule has 0 bridgehead atoms. The van der Waals surface area contributed by atoms with Crippen molar-refractivity contribution in [2.45, 2.75) is 24.9 Å². The van der Waals surface area contributed by atoms with Gasteiger partial charge in [-0.05, 0) is 24.5 Å². The van der Waals surface area contributed by atoms with Gasteiger partial charge in [0.15, 0.2) is 0 Å². The van der Waals surface area contributed by atoms with E-state index in [1.165, 1.54) is 0 Å². The van der Waals surface area contributed by atoms with Gasteiger partial charge in [-0.1, -0.05) is 48.5 Å². The highest BCUT2D eigenvalue weighted by atomic mass is 16.2. The highest BCUT2D eigenvalue weighted by Crippen LogP contribution is 2.52. The second kappa shape index (κ2) is 5.50. The van der Waals surface area contributed by atoms with Crippen LogP contribution in [0.2, 0.25) is 0 Å². The van der Waals surface area contributed by atoms with Crippen LogP contribution in [0.25, 0.3) is 0 Å². The number of imide groups is 1. The molecule has 3 heterocycles. The van der Waals surface area contributed by atoms with Crippen LogP contribution in [0.3, 0.4) is 0 Å². The normalized spacial score (nSPS) is 31.0. The third kappa shape index (κ3) is 2.07. The van der Waals surface area contributed by atoms with Crippen LogP contribution in [0, 0.1) is 18.8 Å². The third-order valence-corrected chi connectivity index (χ3v) is 6.10. The SMILES string of the molecule is Cc1cccc2c1NC(=O)[C@@]21N[C@@H](Cc2ccccc2)[C@H]2C(=O)NC(=O)[C@H]21. The second-order valence-corrected chi connectivity index (χ2v) is 7.56. The van der Waals surface area contributed by atoms with Crippen molar-refractivity contribution in [1.29, 1.82) is 0 Å². The van der Waals surface area contributed by atoms with Crippen molar-refractivity contribution in [2.75, 3.05) is 5.32 Å². The highest BCUT2D eigenvalue weighted by molar-refractivity contribution is 6.15. The van der Waals surface area contributed by atoms with Gasteiger partial charge in [0, 0.05) is 17.3 Å². The van der Waals surface area contributed by atoms with Gasteiger partial charge in [-0.25, -0.2) is 0 Å². The Hall–Kier alpha value is -2.99. The van der Waals surface area contributed by atoms with Gasteiger partial charge in [-0.15, -0.1) is 0 Å². The summed E-state index contributed by atoms with van der Waals surface area (Å²) in [6.45, 7) is 1.92. The molecule has 0 aromatic heterocycles. The Morgan fingerprint density at radius 3 is 2.48 bits per heavy atom. The molecule has 2 aromatic carbocycles. The molecular formula is C21H19N3O3. The lowest BCUT2D eigenvalue weighted by molar-refractivity contribution is -0.132. The van der Waals surface area contributed by atoms with E-state index < -0.39 is 17.4 Å². The molecule has 0 saturated carbocycles. The molecule has 3 N–H and O–H groups in total. The number of rotatable bonds is 2. The number of nitrogens with one attached hydrogen (secondary N) is 3. The van der Waals surface area contributed by atoms with E-state index in [0.29, 0.717) is 6.42 Å². The Morgan fingerprint density at radius 1 is 0.926 bits per heavy atom. The van der Waals surface area contributed by atoms with Crippen LogP contribution in [0.4, 0.5) is 5.69 Å². The molecule has 1 spiro atoms. The molecule has 136 valence electrons. The molecule has 3 aliphatic heterocycles. The zero-order valence-electron chi connectivity index (χ0n) is 14.8. The van der Waals surface area contributed by atoms with Crippen molar-refractivity contribution in [2.24, 2.45) is 11.8 Å². The molecule has 0 aliphatic carbocycles. The van der Waals surface area contributed by atoms with Crippen LogP contribution in [0.1, 0.15) is 16.7 Å². The van der Waals surface area contributed by atoms with Gasteiger partial charge in [-0.2, -0.15) is 0 Å². The van der Waals surface area contributed by atoms with Gasteiger partial charge in [0.25, 0.3) is 0 Å². The summed E-state index contributed by atoms with van der Waals surface area (Å²) < 4.78 is 0. The number of hydrogen-bond acceptors (Lipinski definition) is 4. The number of para-hydroxylation sites is 1. The highest BCUT2D eigenvalue weighted by Gasteiger charge is 2.68. The average Bonchev–Trinajstić information content (AvgIpc) is 3.24. The molecule has 6 heteroatoms. The van der Waals surface area contributed by atoms with Gasteiger partial charge in [-0.3, -0.25) is 25.0 Å². The maximum Gasteiger partial charge on any atom is 0.250 e. The van der Waals surface area contributed by atoms with Crippen molar-refractivity contribution in [3.63, 3.8) is 0 Å². The van der Waals surface area contributed by atoms with Crippen LogP contribution in [0.5, 0.6) is 0 Å². The lowest BCUT2D eigenvalue weighted by Crippen LogP contribution is -2.53. The Labute approximate surface area is 156 Å². The molecule has 0 radical (unpaired) electrons. The van der Waals surface area contributed by atoms with E-state index in [2.05, 4.69) is 16.0 Å². The largest absolute Gasteiger partial charge is 0.324 e. The van der Waals surface area contributed by atoms with E-state index in [9.17, 15) is 14.4 Å².